The van der Waals surface area contributed by atoms with Crippen molar-refractivity contribution in [3.05, 3.63) is 10.5 Å². The van der Waals surface area contributed by atoms with E-state index in [-0.39, 0.29) is 0 Å². The highest BCUT2D eigenvalue weighted by molar-refractivity contribution is 8.17. The molecule has 0 bridgehead atoms. The minimum Gasteiger partial charge on any atom is -0.368 e. The Kier molecular flexibility index (Phi) is 9.88. The minimum atomic E-state index is 0.786. The second-order valence-electron chi connectivity index (χ2n) is 3.95. The van der Waals surface area contributed by atoms with E-state index in [1.165, 1.54) is 10.5 Å². The zero-order valence-corrected chi connectivity index (χ0v) is 13.3. The van der Waals surface area contributed by atoms with Gasteiger partial charge in [-0.3, -0.25) is 9.98 Å². The average molecular weight is 283 g/mol. The predicted molar refractivity (Wildman–Crippen MR) is 88.3 cm³/mol. The molecule has 0 spiro atoms. The minimum absolute atomic E-state index is 0.786. The molecule has 6 heteroatoms. The van der Waals surface area contributed by atoms with Gasteiger partial charge >= 0.3 is 0 Å². The molecule has 0 unspecified atom stereocenters. The van der Waals surface area contributed by atoms with E-state index in [0.717, 1.165) is 30.1 Å². The fourth-order valence-corrected chi connectivity index (χ4v) is 2.38. The quantitative estimate of drug-likeness (QED) is 0.340. The highest BCUT2D eigenvalue weighted by Crippen LogP contribution is 2.27. The third-order valence-electron chi connectivity index (χ3n) is 2.70. The van der Waals surface area contributed by atoms with Crippen molar-refractivity contribution in [1.82, 2.24) is 5.32 Å². The number of aliphatic imine (C=N–C) groups is 2. The summed E-state index contributed by atoms with van der Waals surface area (Å²) in [5.41, 5.74) is 2.18. The molecule has 0 aromatic rings. The Balaban J connectivity index is 4.82. The van der Waals surface area contributed by atoms with E-state index in [9.17, 15) is 0 Å². The number of allylic oxidation sites excluding steroid dienone is 2. The Morgan fingerprint density at radius 1 is 1.32 bits per heavy atom. The number of hydrogen-bond donors (Lipinski definition) is 2. The third-order valence-corrected chi connectivity index (χ3v) is 4.07. The Bertz CT molecular complexity index is 382. The monoisotopic (exact) mass is 283 g/mol. The third kappa shape index (κ3) is 7.00. The molecule has 0 aliphatic rings. The lowest BCUT2D eigenvalue weighted by Gasteiger charge is -2.12. The molecule has 0 aromatic heterocycles. The summed E-state index contributed by atoms with van der Waals surface area (Å²) in [4.78, 5) is 9.46. The van der Waals surface area contributed by atoms with Gasteiger partial charge in [-0.1, -0.05) is 24.3 Å². The maximum Gasteiger partial charge on any atom is 0.160 e. The fraction of sp³-hybridized carbons (Fsp3) is 0.615. The van der Waals surface area contributed by atoms with Gasteiger partial charge in [0, 0.05) is 27.4 Å². The molecule has 0 heterocycles. The van der Waals surface area contributed by atoms with Crippen LogP contribution in [-0.2, 0) is 0 Å². The van der Waals surface area contributed by atoms with E-state index < -0.39 is 0 Å². The average Bonchev–Trinajstić information content (AvgIpc) is 2.45. The molecular formula is C13H25N5S. The Labute approximate surface area is 120 Å². The lowest BCUT2D eigenvalue weighted by Crippen LogP contribution is -2.14. The van der Waals surface area contributed by atoms with Gasteiger partial charge in [-0.2, -0.15) is 5.10 Å². The van der Waals surface area contributed by atoms with Gasteiger partial charge < -0.3 is 11.2 Å². The second kappa shape index (κ2) is 10.6. The normalized spacial score (nSPS) is 14.8. The fourth-order valence-electron chi connectivity index (χ4n) is 1.43. The molecule has 0 rings (SSSR count). The van der Waals surface area contributed by atoms with Crippen molar-refractivity contribution in [2.45, 2.75) is 33.1 Å². The lowest BCUT2D eigenvalue weighted by atomic mass is 10.1. The number of nitrogens with zero attached hydrogens (tertiary/aromatic N) is 3. The summed E-state index contributed by atoms with van der Waals surface area (Å²) < 4.78 is 0. The van der Waals surface area contributed by atoms with E-state index in [0.29, 0.717) is 0 Å². The molecule has 5 nitrogen and oxygen atoms in total. The number of thioether (sulfide) groups is 1. The van der Waals surface area contributed by atoms with Gasteiger partial charge in [0.25, 0.3) is 0 Å². The van der Waals surface area contributed by atoms with Crippen molar-refractivity contribution in [3.63, 3.8) is 0 Å². The molecule has 0 saturated heterocycles. The van der Waals surface area contributed by atoms with Gasteiger partial charge in [0.15, 0.2) is 5.17 Å². The molecule has 0 fully saturated rings. The second-order valence-corrected chi connectivity index (χ2v) is 5.03. The summed E-state index contributed by atoms with van der Waals surface area (Å²) in [6.07, 6.45) is 4.41. The van der Waals surface area contributed by atoms with E-state index in [1.807, 2.05) is 7.05 Å². The molecule has 0 amide bonds. The van der Waals surface area contributed by atoms with Crippen molar-refractivity contribution in [2.75, 3.05) is 21.1 Å². The molecule has 0 aliphatic heterocycles. The van der Waals surface area contributed by atoms with Crippen molar-refractivity contribution in [1.29, 1.82) is 0 Å². The number of amidine groups is 1. The first-order valence-electron chi connectivity index (χ1n) is 6.32. The molecule has 0 atom stereocenters. The van der Waals surface area contributed by atoms with E-state index in [4.69, 9.17) is 5.84 Å². The lowest BCUT2D eigenvalue weighted by molar-refractivity contribution is 1.00. The smallest absolute Gasteiger partial charge is 0.160 e. The van der Waals surface area contributed by atoms with Gasteiger partial charge in [0.2, 0.25) is 0 Å². The number of hydrogen-bond acceptors (Lipinski definition) is 5. The van der Waals surface area contributed by atoms with Crippen LogP contribution in [0.3, 0.4) is 0 Å². The van der Waals surface area contributed by atoms with Crippen LogP contribution in [0.2, 0.25) is 0 Å². The number of nitrogens with two attached hydrogens (primary N) is 1. The van der Waals surface area contributed by atoms with Crippen LogP contribution in [0.5, 0.6) is 0 Å². The molecule has 0 aromatic carbocycles. The van der Waals surface area contributed by atoms with Gasteiger partial charge in [-0.25, -0.2) is 0 Å². The van der Waals surface area contributed by atoms with Crippen molar-refractivity contribution in [2.24, 2.45) is 20.9 Å². The highest BCUT2D eigenvalue weighted by atomic mass is 32.2. The van der Waals surface area contributed by atoms with Gasteiger partial charge in [0.1, 0.15) is 0 Å². The largest absolute Gasteiger partial charge is 0.368 e. The van der Waals surface area contributed by atoms with Crippen molar-refractivity contribution >= 4 is 28.9 Å². The summed E-state index contributed by atoms with van der Waals surface area (Å²) in [7, 11) is 5.38. The van der Waals surface area contributed by atoms with Gasteiger partial charge in [-0.05, 0) is 31.1 Å². The molecule has 108 valence electrons. The molecule has 19 heavy (non-hydrogen) atoms. The number of hydrazone groups is 1. The standard InChI is InChI=1S/C13H25N5S/c1-6-10(2)12(19-13(16-4)17-5)8-7-11(18-14)9-15-3/h9H,6-8,14H2,1-5H3,(H,16,17)/b12-10+,15-9?,18-11?. The number of nitrogens with one attached hydrogen (secondary N) is 1. The van der Waals surface area contributed by atoms with Gasteiger partial charge in [-0.15, -0.1) is 0 Å². The van der Waals surface area contributed by atoms with Crippen molar-refractivity contribution < 1.29 is 0 Å². The maximum atomic E-state index is 5.35. The first kappa shape index (κ1) is 17.7. The first-order chi connectivity index (χ1) is 9.12. The van der Waals surface area contributed by atoms with Crippen LogP contribution in [0.4, 0.5) is 0 Å². The highest BCUT2D eigenvalue weighted by Gasteiger charge is 2.08. The summed E-state index contributed by atoms with van der Waals surface area (Å²) in [6.45, 7) is 4.31. The summed E-state index contributed by atoms with van der Waals surface area (Å²) in [5, 5.41) is 7.74. The van der Waals surface area contributed by atoms with E-state index >= 15 is 0 Å². The first-order valence-corrected chi connectivity index (χ1v) is 7.14. The van der Waals surface area contributed by atoms with Crippen LogP contribution in [-0.4, -0.2) is 38.2 Å². The van der Waals surface area contributed by atoms with Crippen LogP contribution in [0.1, 0.15) is 33.1 Å². The van der Waals surface area contributed by atoms with Crippen LogP contribution < -0.4 is 11.2 Å². The van der Waals surface area contributed by atoms with Crippen LogP contribution >= 0.6 is 11.8 Å². The molecular weight excluding hydrogens is 258 g/mol. The van der Waals surface area contributed by atoms with Crippen LogP contribution in [0.25, 0.3) is 0 Å². The molecule has 0 aliphatic carbocycles. The zero-order chi connectivity index (χ0) is 14.7. The van der Waals surface area contributed by atoms with Crippen molar-refractivity contribution in [3.8, 4) is 0 Å². The number of rotatable bonds is 6. The van der Waals surface area contributed by atoms with Crippen LogP contribution in [0, 0.1) is 0 Å². The predicted octanol–water partition coefficient (Wildman–Crippen LogP) is 2.40. The maximum absolute atomic E-state index is 5.35. The van der Waals surface area contributed by atoms with Crippen LogP contribution in [0.15, 0.2) is 25.6 Å². The Hall–Kier alpha value is -1.30. The Morgan fingerprint density at radius 2 is 2.00 bits per heavy atom. The topological polar surface area (TPSA) is 75.1 Å². The Morgan fingerprint density at radius 3 is 2.42 bits per heavy atom. The van der Waals surface area contributed by atoms with E-state index in [2.05, 4.69) is 34.3 Å². The zero-order valence-electron chi connectivity index (χ0n) is 12.5. The summed E-state index contributed by atoms with van der Waals surface area (Å²) in [6, 6.07) is 0. The molecule has 0 saturated carbocycles. The van der Waals surface area contributed by atoms with Gasteiger partial charge in [0.05, 0.1) is 5.71 Å². The summed E-state index contributed by atoms with van der Waals surface area (Å²) in [5.74, 6) is 5.35. The SMILES string of the molecule is CC/C(C)=C(\CCC(C=NC)=NN)SC(=NC)NC. The molecule has 0 radical (unpaired) electrons. The molecule has 3 N–H and O–H groups in total. The van der Waals surface area contributed by atoms with E-state index in [1.54, 1.807) is 32.1 Å². The summed E-state index contributed by atoms with van der Waals surface area (Å²) >= 11 is 1.67.